The smallest absolute Gasteiger partial charge is 0.224 e. The molecule has 2 amide bonds. The van der Waals surface area contributed by atoms with Crippen molar-refractivity contribution in [1.29, 1.82) is 0 Å². The molecule has 9 nitrogen and oxygen atoms in total. The monoisotopic (exact) mass is 744 g/mol. The summed E-state index contributed by atoms with van der Waals surface area (Å²) in [6.45, 7) is 0.457. The number of nitrogens with zero attached hydrogens (tertiary/aromatic N) is 1. The summed E-state index contributed by atoms with van der Waals surface area (Å²) in [5.41, 5.74) is 13.1. The van der Waals surface area contributed by atoms with E-state index in [0.29, 0.717) is 37.2 Å². The predicted octanol–water partition coefficient (Wildman–Crippen LogP) is 8.76. The molecule has 0 aliphatic carbocycles. The minimum absolute atomic E-state index is 0.00295. The lowest BCUT2D eigenvalue weighted by Crippen LogP contribution is -2.31. The molecule has 5 aromatic rings. The largest absolute Gasteiger partial charge is 0.397 e. The number of hydrogen-bond acceptors (Lipinski definition) is 8. The molecule has 280 valence electrons. The third-order valence-corrected chi connectivity index (χ3v) is 10.5. The van der Waals surface area contributed by atoms with Gasteiger partial charge in [0.25, 0.3) is 0 Å². The molecule has 6 rings (SSSR count). The van der Waals surface area contributed by atoms with Crippen LogP contribution in [-0.4, -0.2) is 33.8 Å². The maximum absolute atomic E-state index is 12.6. The summed E-state index contributed by atoms with van der Waals surface area (Å²) in [4.78, 5) is 29.3. The fraction of sp³-hybridized carbons (Fsp3) is 0.295. The lowest BCUT2D eigenvalue weighted by atomic mass is 9.99. The van der Waals surface area contributed by atoms with E-state index >= 15 is 0 Å². The molecule has 1 aliphatic rings. The van der Waals surface area contributed by atoms with Gasteiger partial charge >= 0.3 is 0 Å². The first-order valence-corrected chi connectivity index (χ1v) is 19.6. The summed E-state index contributed by atoms with van der Waals surface area (Å²) in [7, 11) is 0. The van der Waals surface area contributed by atoms with Crippen LogP contribution in [0.2, 0.25) is 0 Å². The molecule has 3 atom stereocenters. The third-order valence-electron chi connectivity index (χ3n) is 9.40. The maximum Gasteiger partial charge on any atom is 0.224 e. The fourth-order valence-corrected chi connectivity index (χ4v) is 7.25. The van der Waals surface area contributed by atoms with Crippen molar-refractivity contribution in [3.05, 3.63) is 144 Å². The summed E-state index contributed by atoms with van der Waals surface area (Å²) in [6.07, 6.45) is 5.97. The minimum Gasteiger partial charge on any atom is -0.397 e. The van der Waals surface area contributed by atoms with Gasteiger partial charge in [0, 0.05) is 43.3 Å². The highest BCUT2D eigenvalue weighted by Crippen LogP contribution is 2.39. The van der Waals surface area contributed by atoms with Crippen molar-refractivity contribution in [2.45, 2.75) is 81.6 Å². The number of aromatic nitrogens is 1. The lowest BCUT2D eigenvalue weighted by molar-refractivity contribution is -0.245. The minimum atomic E-state index is -0.537. The molecule has 1 aliphatic heterocycles. The zero-order chi connectivity index (χ0) is 37.5. The van der Waals surface area contributed by atoms with Crippen molar-refractivity contribution in [3.63, 3.8) is 0 Å². The van der Waals surface area contributed by atoms with E-state index in [4.69, 9.17) is 15.2 Å². The lowest BCUT2D eigenvalue weighted by Gasteiger charge is -2.36. The number of hydrogen-bond donors (Lipinski definition) is 4. The molecule has 5 N–H and O–H groups in total. The van der Waals surface area contributed by atoms with Crippen LogP contribution in [-0.2, 0) is 32.2 Å². The Balaban J connectivity index is 0.975. The molecule has 1 saturated heterocycles. The van der Waals surface area contributed by atoms with E-state index in [0.717, 1.165) is 69.8 Å². The number of aliphatic hydroxyl groups is 1. The Morgan fingerprint density at radius 3 is 2.24 bits per heavy atom. The number of anilines is 2. The fourth-order valence-electron chi connectivity index (χ4n) is 6.36. The molecule has 0 bridgehead atoms. The number of ether oxygens (including phenoxy) is 2. The van der Waals surface area contributed by atoms with Crippen LogP contribution in [0.3, 0.4) is 0 Å². The van der Waals surface area contributed by atoms with Crippen LogP contribution < -0.4 is 16.4 Å². The number of unbranched alkanes of at least 4 members (excludes halogenated alkanes) is 3. The maximum atomic E-state index is 12.6. The number of rotatable bonds is 17. The molecule has 54 heavy (non-hydrogen) atoms. The van der Waals surface area contributed by atoms with Gasteiger partial charge in [0.2, 0.25) is 11.8 Å². The number of nitrogens with one attached hydrogen (secondary N) is 2. The Morgan fingerprint density at radius 2 is 1.50 bits per heavy atom. The number of amides is 2. The first-order chi connectivity index (χ1) is 26.4. The van der Waals surface area contributed by atoms with Gasteiger partial charge in [-0.1, -0.05) is 97.8 Å². The number of carbonyl (C=O) groups is 2. The van der Waals surface area contributed by atoms with Gasteiger partial charge in [0.1, 0.15) is 0 Å². The van der Waals surface area contributed by atoms with Crippen molar-refractivity contribution in [2.24, 2.45) is 0 Å². The quantitative estimate of drug-likeness (QED) is 0.0422. The zero-order valence-corrected chi connectivity index (χ0v) is 31.2. The number of nitrogens with two attached hydrogens (primary N) is 1. The van der Waals surface area contributed by atoms with Gasteiger partial charge in [0.05, 0.1) is 35.2 Å². The highest BCUT2D eigenvalue weighted by molar-refractivity contribution is 7.99. The van der Waals surface area contributed by atoms with Gasteiger partial charge in [-0.3, -0.25) is 9.59 Å². The summed E-state index contributed by atoms with van der Waals surface area (Å²) in [5.74, 6) is 0.719. The first-order valence-electron chi connectivity index (χ1n) is 18.6. The summed E-state index contributed by atoms with van der Waals surface area (Å²) in [5, 5.41) is 16.4. The summed E-state index contributed by atoms with van der Waals surface area (Å²) < 4.78 is 13.1. The molecule has 0 radical (unpaired) electrons. The SMILES string of the molecule is Nc1ccccc1NC(=O)CCCCCCC(=O)NCc1cccc(-c2ccc([C@H]3O[C@@H](CSc4ccccn4)C[C@@H](c4ccc(CO)cc4)O3)cc2)c1. The average Bonchev–Trinajstić information content (AvgIpc) is 3.22. The van der Waals surface area contributed by atoms with E-state index in [1.807, 2.05) is 66.7 Å². The number of benzene rings is 4. The van der Waals surface area contributed by atoms with E-state index in [-0.39, 0.29) is 30.6 Å². The molecule has 4 aromatic carbocycles. The Labute approximate surface area is 321 Å². The van der Waals surface area contributed by atoms with Crippen LogP contribution in [0, 0.1) is 0 Å². The molecule has 10 heteroatoms. The predicted molar refractivity (Wildman–Crippen MR) is 214 cm³/mol. The number of thioether (sulfide) groups is 1. The van der Waals surface area contributed by atoms with Crippen LogP contribution in [0.5, 0.6) is 0 Å². The van der Waals surface area contributed by atoms with E-state index in [1.54, 1.807) is 30.1 Å². The molecular formula is C44H48N4O5S. The van der Waals surface area contributed by atoms with E-state index in [1.165, 1.54) is 0 Å². The summed E-state index contributed by atoms with van der Waals surface area (Å²) >= 11 is 1.68. The average molecular weight is 745 g/mol. The second kappa shape index (κ2) is 19.9. The number of para-hydroxylation sites is 2. The standard InChI is InChI=1S/C44H48N4O5S/c45-38-12-5-6-13-39(38)48-42(51)15-4-2-1-3-14-41(50)47-28-32-10-9-11-36(26-32)33-21-23-35(24-22-33)44-52-37(30-54-43-16-7-8-25-46-43)27-40(53-44)34-19-17-31(29-49)18-20-34/h5-13,16-26,37,40,44,49H,1-4,14-15,27-30,45H2,(H,47,50)(H,48,51)/t37-,40+,44+/m1/s1. The van der Waals surface area contributed by atoms with Gasteiger partial charge in [-0.15, -0.1) is 11.8 Å². The topological polar surface area (TPSA) is 136 Å². The van der Waals surface area contributed by atoms with Gasteiger partial charge in [-0.25, -0.2) is 4.98 Å². The number of pyridine rings is 1. The normalized spacial score (nSPS) is 16.8. The van der Waals surface area contributed by atoms with Crippen molar-refractivity contribution in [3.8, 4) is 11.1 Å². The van der Waals surface area contributed by atoms with Gasteiger partial charge in [-0.2, -0.15) is 0 Å². The molecule has 2 heterocycles. The van der Waals surface area contributed by atoms with Crippen molar-refractivity contribution in [1.82, 2.24) is 10.3 Å². The Morgan fingerprint density at radius 1 is 0.759 bits per heavy atom. The Bertz CT molecular complexity index is 1940. The van der Waals surface area contributed by atoms with Crippen molar-refractivity contribution >= 4 is 35.0 Å². The Kier molecular flexibility index (Phi) is 14.3. The highest BCUT2D eigenvalue weighted by atomic mass is 32.2. The highest BCUT2D eigenvalue weighted by Gasteiger charge is 2.32. The van der Waals surface area contributed by atoms with E-state index < -0.39 is 6.29 Å². The van der Waals surface area contributed by atoms with E-state index in [2.05, 4.69) is 52.0 Å². The van der Waals surface area contributed by atoms with Gasteiger partial charge < -0.3 is 30.9 Å². The zero-order valence-electron chi connectivity index (χ0n) is 30.4. The number of carbonyl (C=O) groups excluding carboxylic acids is 2. The molecule has 1 fully saturated rings. The number of nitrogen functional groups attached to an aromatic ring is 1. The Hall–Kier alpha value is -5.00. The molecule has 0 spiro atoms. The van der Waals surface area contributed by atoms with Crippen LogP contribution in [0.1, 0.15) is 79.6 Å². The molecule has 0 unspecified atom stereocenters. The second-order valence-electron chi connectivity index (χ2n) is 13.5. The number of aliphatic hydroxyl groups excluding tert-OH is 1. The van der Waals surface area contributed by atoms with Crippen LogP contribution >= 0.6 is 11.8 Å². The van der Waals surface area contributed by atoms with Crippen molar-refractivity contribution < 1.29 is 24.2 Å². The molecule has 0 saturated carbocycles. The van der Waals surface area contributed by atoms with Gasteiger partial charge in [0.15, 0.2) is 6.29 Å². The van der Waals surface area contributed by atoms with E-state index in [9.17, 15) is 14.7 Å². The van der Waals surface area contributed by atoms with Crippen LogP contribution in [0.15, 0.2) is 126 Å². The first kappa shape index (κ1) is 38.7. The second-order valence-corrected chi connectivity index (χ2v) is 14.5. The van der Waals surface area contributed by atoms with Crippen molar-refractivity contribution in [2.75, 3.05) is 16.8 Å². The van der Waals surface area contributed by atoms with Crippen LogP contribution in [0.4, 0.5) is 11.4 Å². The molecule has 1 aromatic heterocycles. The summed E-state index contributed by atoms with van der Waals surface area (Å²) in [6, 6.07) is 37.5. The van der Waals surface area contributed by atoms with Gasteiger partial charge in [-0.05, 0) is 71.0 Å². The third kappa shape index (κ3) is 11.5. The van der Waals surface area contributed by atoms with Crippen LogP contribution in [0.25, 0.3) is 11.1 Å². The molecular weight excluding hydrogens is 697 g/mol.